The van der Waals surface area contributed by atoms with Crippen molar-refractivity contribution in [2.45, 2.75) is 95.1 Å². The number of ether oxygens (including phenoxy) is 1. The SMILES string of the molecule is CCCSc1ncc(C#CCCCC(=O)NCC(=O)NC(CCCNC)C(=O)Nc2ccc(CNC(=O)CNC(=O)C(C)C(OC)C3CCCN3C=O)cc2)cn1. The van der Waals surface area contributed by atoms with Gasteiger partial charge >= 0.3 is 0 Å². The predicted molar refractivity (Wildman–Crippen MR) is 218 cm³/mol. The molecule has 4 atom stereocenters. The monoisotopic (exact) mass is 807 g/mol. The molecule has 0 bridgehead atoms. The van der Waals surface area contributed by atoms with Crippen LogP contribution < -0.4 is 31.9 Å². The van der Waals surface area contributed by atoms with Crippen LogP contribution in [0.1, 0.15) is 76.3 Å². The minimum absolute atomic E-state index is 0.189. The minimum Gasteiger partial charge on any atom is -0.378 e. The molecule has 6 N–H and O–H groups in total. The number of amides is 6. The van der Waals surface area contributed by atoms with Crippen LogP contribution in [0.25, 0.3) is 0 Å². The van der Waals surface area contributed by atoms with E-state index < -0.39 is 29.9 Å². The Morgan fingerprint density at radius 1 is 1.00 bits per heavy atom. The Kier molecular flexibility index (Phi) is 21.1. The van der Waals surface area contributed by atoms with Gasteiger partial charge in [-0.15, -0.1) is 0 Å². The lowest BCUT2D eigenvalue weighted by atomic mass is 9.95. The second kappa shape index (κ2) is 26.0. The molecule has 310 valence electrons. The number of nitrogens with zero attached hydrogens (tertiary/aromatic N) is 3. The predicted octanol–water partition coefficient (Wildman–Crippen LogP) is 1.74. The largest absolute Gasteiger partial charge is 0.378 e. The molecule has 4 unspecified atom stereocenters. The molecule has 1 fully saturated rings. The van der Waals surface area contributed by atoms with Crippen molar-refractivity contribution in [3.05, 3.63) is 47.8 Å². The third-order valence-corrected chi connectivity index (χ3v) is 10.3. The summed E-state index contributed by atoms with van der Waals surface area (Å²) in [5.74, 6) is 4.50. The molecule has 1 aromatic carbocycles. The van der Waals surface area contributed by atoms with E-state index in [2.05, 4.69) is 60.6 Å². The molecular weight excluding hydrogens is 751 g/mol. The minimum atomic E-state index is -0.834. The van der Waals surface area contributed by atoms with Crippen molar-refractivity contribution in [1.82, 2.24) is 41.5 Å². The van der Waals surface area contributed by atoms with E-state index in [4.69, 9.17) is 4.74 Å². The average molecular weight is 808 g/mol. The molecule has 0 aliphatic carbocycles. The Balaban J connectivity index is 1.38. The summed E-state index contributed by atoms with van der Waals surface area (Å²) < 4.78 is 5.57. The summed E-state index contributed by atoms with van der Waals surface area (Å²) in [5, 5.41) is 17.3. The molecule has 17 heteroatoms. The van der Waals surface area contributed by atoms with Crippen molar-refractivity contribution in [1.29, 1.82) is 0 Å². The molecule has 1 aromatic heterocycles. The fraction of sp³-hybridized carbons (Fsp3) is 0.550. The molecular formula is C40H57N9O7S. The fourth-order valence-electron chi connectivity index (χ4n) is 6.08. The van der Waals surface area contributed by atoms with Crippen LogP contribution in [0, 0.1) is 17.8 Å². The van der Waals surface area contributed by atoms with Crippen LogP contribution in [0.5, 0.6) is 0 Å². The van der Waals surface area contributed by atoms with Crippen LogP contribution in [0.3, 0.4) is 0 Å². The first kappa shape index (κ1) is 46.3. The summed E-state index contributed by atoms with van der Waals surface area (Å²) in [4.78, 5) is 85.2. The highest BCUT2D eigenvalue weighted by Gasteiger charge is 2.37. The van der Waals surface area contributed by atoms with Gasteiger partial charge in [-0.25, -0.2) is 9.97 Å². The zero-order chi connectivity index (χ0) is 41.4. The smallest absolute Gasteiger partial charge is 0.246 e. The van der Waals surface area contributed by atoms with E-state index in [1.165, 1.54) is 7.11 Å². The standard InChI is InChI=1S/C40H57N9O7S/c1-5-21-57-40-45-23-30(24-46-40)11-7-6-8-14-34(51)43-26-36(53)48-32(12-9-19-41-3)39(55)47-31-17-15-29(16-18-31)22-42-35(52)25-44-38(54)28(2)37(56-4)33-13-10-20-49(33)27-50/h15-18,23-24,27-28,32-33,37,41H,5-6,8-10,12-14,19-22,25-26H2,1-4H3,(H,42,52)(H,43,51)(H,44,54)(H,47,55)(H,48,53). The van der Waals surface area contributed by atoms with Gasteiger partial charge in [0.2, 0.25) is 35.9 Å². The number of benzene rings is 1. The lowest BCUT2D eigenvalue weighted by Gasteiger charge is -2.31. The molecule has 1 saturated heterocycles. The van der Waals surface area contributed by atoms with Gasteiger partial charge in [-0.2, -0.15) is 0 Å². The van der Waals surface area contributed by atoms with Crippen LogP contribution in [0.2, 0.25) is 0 Å². The number of hydrogen-bond donors (Lipinski definition) is 6. The molecule has 16 nitrogen and oxygen atoms in total. The topological polar surface area (TPSA) is 213 Å². The third-order valence-electron chi connectivity index (χ3n) is 9.19. The Bertz CT molecular complexity index is 1670. The summed E-state index contributed by atoms with van der Waals surface area (Å²) in [5.41, 5.74) is 1.97. The number of rotatable bonds is 24. The molecule has 0 spiro atoms. The van der Waals surface area contributed by atoms with Gasteiger partial charge in [0.1, 0.15) is 6.04 Å². The van der Waals surface area contributed by atoms with Gasteiger partial charge in [0.05, 0.1) is 36.7 Å². The Morgan fingerprint density at radius 2 is 1.74 bits per heavy atom. The highest BCUT2D eigenvalue weighted by atomic mass is 32.2. The maximum atomic E-state index is 13.2. The molecule has 57 heavy (non-hydrogen) atoms. The molecule has 3 rings (SSSR count). The van der Waals surface area contributed by atoms with E-state index in [1.807, 2.05) is 0 Å². The molecule has 1 aliphatic heterocycles. The summed E-state index contributed by atoms with van der Waals surface area (Å²) >= 11 is 1.60. The maximum absolute atomic E-state index is 13.2. The number of aromatic nitrogens is 2. The molecule has 1 aliphatic rings. The molecule has 6 amide bonds. The third kappa shape index (κ3) is 16.9. The number of nitrogens with one attached hydrogen (secondary N) is 6. The number of methoxy groups -OCH3 is 1. The van der Waals surface area contributed by atoms with Gasteiger partial charge in [-0.05, 0) is 69.8 Å². The van der Waals surface area contributed by atoms with Crippen LogP contribution >= 0.6 is 11.8 Å². The first-order valence-electron chi connectivity index (χ1n) is 19.4. The van der Waals surface area contributed by atoms with Crippen LogP contribution in [0.4, 0.5) is 5.69 Å². The van der Waals surface area contributed by atoms with E-state index in [-0.39, 0.29) is 49.8 Å². The van der Waals surface area contributed by atoms with E-state index in [0.29, 0.717) is 50.0 Å². The van der Waals surface area contributed by atoms with Gasteiger partial charge in [0.15, 0.2) is 5.16 Å². The van der Waals surface area contributed by atoms with Gasteiger partial charge in [-0.3, -0.25) is 28.8 Å². The summed E-state index contributed by atoms with van der Waals surface area (Å²) in [7, 11) is 3.31. The molecule has 0 radical (unpaired) electrons. The zero-order valence-electron chi connectivity index (χ0n) is 33.4. The summed E-state index contributed by atoms with van der Waals surface area (Å²) in [6.45, 7) is 4.79. The zero-order valence-corrected chi connectivity index (χ0v) is 34.2. The number of anilines is 1. The van der Waals surface area contributed by atoms with E-state index in [9.17, 15) is 28.8 Å². The molecule has 2 heterocycles. The average Bonchev–Trinajstić information content (AvgIpc) is 3.69. The first-order chi connectivity index (χ1) is 27.6. The summed E-state index contributed by atoms with van der Waals surface area (Å²) in [6, 6.07) is 5.84. The van der Waals surface area contributed by atoms with Crippen molar-refractivity contribution in [3.8, 4) is 11.8 Å². The van der Waals surface area contributed by atoms with Crippen LogP contribution in [-0.2, 0) is 40.0 Å². The number of carbonyl (C=O) groups excluding carboxylic acids is 6. The van der Waals surface area contributed by atoms with Crippen molar-refractivity contribution < 1.29 is 33.5 Å². The van der Waals surface area contributed by atoms with Crippen molar-refractivity contribution in [3.63, 3.8) is 0 Å². The number of hydrogen-bond acceptors (Lipinski definition) is 11. The van der Waals surface area contributed by atoms with Gasteiger partial charge < -0.3 is 41.5 Å². The van der Waals surface area contributed by atoms with E-state index in [0.717, 1.165) is 42.1 Å². The Morgan fingerprint density at radius 3 is 2.42 bits per heavy atom. The normalized spacial score (nSPS) is 14.9. The Hall–Kier alpha value is -5.05. The van der Waals surface area contributed by atoms with E-state index in [1.54, 1.807) is 67.3 Å². The lowest BCUT2D eigenvalue weighted by molar-refractivity contribution is -0.135. The van der Waals surface area contributed by atoms with Crippen LogP contribution in [-0.4, -0.2) is 115 Å². The second-order valence-corrected chi connectivity index (χ2v) is 14.7. The highest BCUT2D eigenvalue weighted by molar-refractivity contribution is 7.99. The first-order valence-corrected chi connectivity index (χ1v) is 20.4. The summed E-state index contributed by atoms with van der Waals surface area (Å²) in [6.07, 6.45) is 8.52. The van der Waals surface area contributed by atoms with Crippen molar-refractivity contribution in [2.24, 2.45) is 5.92 Å². The Labute approximate surface area is 339 Å². The fourth-order valence-corrected chi connectivity index (χ4v) is 6.73. The second-order valence-electron chi connectivity index (χ2n) is 13.6. The van der Waals surface area contributed by atoms with Gasteiger partial charge in [-0.1, -0.05) is 49.6 Å². The number of carbonyl (C=O) groups is 6. The number of unbranched alkanes of at least 4 members (excludes halogenated alkanes) is 1. The quantitative estimate of drug-likeness (QED) is 0.0296. The van der Waals surface area contributed by atoms with Crippen LogP contribution in [0.15, 0.2) is 41.8 Å². The molecule has 0 saturated carbocycles. The van der Waals surface area contributed by atoms with Gasteiger partial charge in [0, 0.05) is 56.9 Å². The number of thioether (sulfide) groups is 1. The maximum Gasteiger partial charge on any atom is 0.246 e. The van der Waals surface area contributed by atoms with Crippen molar-refractivity contribution in [2.75, 3.05) is 51.4 Å². The van der Waals surface area contributed by atoms with Crippen molar-refractivity contribution >= 4 is 53.4 Å². The van der Waals surface area contributed by atoms with E-state index >= 15 is 0 Å². The van der Waals surface area contributed by atoms with Gasteiger partial charge in [0.25, 0.3) is 0 Å². The lowest BCUT2D eigenvalue weighted by Crippen LogP contribution is -2.48. The highest BCUT2D eigenvalue weighted by Crippen LogP contribution is 2.25. The molecule has 2 aromatic rings. The number of likely N-dealkylation sites (tertiary alicyclic amines) is 1.